The van der Waals surface area contributed by atoms with E-state index in [0.717, 1.165) is 11.6 Å². The standard InChI is InChI=1S/C29H20BrClFNO5/c1-12-2-4-14(9-20(12)31)33-28(37)16-6-5-15-17(25(16)29(33)38)10-18-26(23(35)11-19(30)27(18)36)24(15)13-3-7-22(34)21(32)8-13/h2-5,7-9,11,16-17,24-25,34H,6,10H2,1H3/t16-,17+,24-,25-/m0/s1. The fraction of sp³-hybridized carbons (Fsp3) is 0.241. The van der Waals surface area contributed by atoms with E-state index in [4.69, 9.17) is 11.6 Å². The summed E-state index contributed by atoms with van der Waals surface area (Å²) in [6.07, 6.45) is 3.43. The number of halogens is 3. The first-order valence-electron chi connectivity index (χ1n) is 12.1. The molecule has 0 unspecified atom stereocenters. The van der Waals surface area contributed by atoms with Gasteiger partial charge in [-0.3, -0.25) is 19.2 Å². The highest BCUT2D eigenvalue weighted by Crippen LogP contribution is 2.55. The number of nitrogens with zero attached hydrogens (tertiary/aromatic N) is 1. The molecule has 4 aliphatic rings. The largest absolute Gasteiger partial charge is 0.505 e. The third-order valence-corrected chi connectivity index (χ3v) is 9.05. The van der Waals surface area contributed by atoms with E-state index in [9.17, 15) is 28.7 Å². The molecule has 0 aromatic heterocycles. The number of allylic oxidation sites excluding steroid dienone is 6. The molecular formula is C29H20BrClFNO5. The van der Waals surface area contributed by atoms with Crippen LogP contribution in [0.3, 0.4) is 0 Å². The van der Waals surface area contributed by atoms with Gasteiger partial charge in [0, 0.05) is 28.2 Å². The fourth-order valence-corrected chi connectivity index (χ4v) is 6.89. The number of anilines is 1. The van der Waals surface area contributed by atoms with Gasteiger partial charge in [-0.05, 0) is 77.0 Å². The number of phenolic OH excluding ortho intramolecular Hbond substituents is 1. The minimum absolute atomic E-state index is 0.106. The SMILES string of the molecule is Cc1ccc(N2C(=O)[C@H]3[C@H](CC=C4[C@H](c5ccc(O)c(F)c5)C5=C(C[C@H]43)C(=O)C(Br)=CC5=O)C2=O)cc1Cl. The number of aromatic hydroxyl groups is 1. The van der Waals surface area contributed by atoms with Crippen molar-refractivity contribution in [1.82, 2.24) is 0 Å². The average Bonchev–Trinajstić information content (AvgIpc) is 3.14. The van der Waals surface area contributed by atoms with Gasteiger partial charge in [-0.2, -0.15) is 0 Å². The molecule has 2 amide bonds. The van der Waals surface area contributed by atoms with Crippen LogP contribution in [-0.4, -0.2) is 28.5 Å². The molecule has 3 aliphatic carbocycles. The van der Waals surface area contributed by atoms with Gasteiger partial charge in [-0.15, -0.1) is 0 Å². The summed E-state index contributed by atoms with van der Waals surface area (Å²) in [6.45, 7) is 1.82. The lowest BCUT2D eigenvalue weighted by Crippen LogP contribution is -2.39. The van der Waals surface area contributed by atoms with Crippen LogP contribution < -0.4 is 4.90 Å². The van der Waals surface area contributed by atoms with Crippen molar-refractivity contribution in [3.8, 4) is 5.75 Å². The summed E-state index contributed by atoms with van der Waals surface area (Å²) in [5.41, 5.74) is 2.77. The number of aryl methyl sites for hydroxylation is 1. The van der Waals surface area contributed by atoms with Crippen molar-refractivity contribution in [3.05, 3.63) is 91.7 Å². The Morgan fingerprint density at radius 2 is 1.82 bits per heavy atom. The van der Waals surface area contributed by atoms with Crippen molar-refractivity contribution in [3.63, 3.8) is 0 Å². The van der Waals surface area contributed by atoms with E-state index in [1.54, 1.807) is 18.2 Å². The number of fused-ring (bicyclic) bond motifs is 3. The van der Waals surface area contributed by atoms with Crippen molar-refractivity contribution in [2.24, 2.45) is 17.8 Å². The highest BCUT2D eigenvalue weighted by atomic mass is 79.9. The zero-order chi connectivity index (χ0) is 27.0. The Labute approximate surface area is 230 Å². The molecule has 192 valence electrons. The number of phenols is 1. The number of carbonyl (C=O) groups excluding carboxylic acids is 4. The third-order valence-electron chi connectivity index (χ3n) is 8.05. The Morgan fingerprint density at radius 3 is 2.53 bits per heavy atom. The molecule has 38 heavy (non-hydrogen) atoms. The molecule has 1 saturated heterocycles. The molecule has 2 aromatic carbocycles. The molecule has 2 aromatic rings. The van der Waals surface area contributed by atoms with Crippen LogP contribution in [0.2, 0.25) is 5.02 Å². The smallest absolute Gasteiger partial charge is 0.238 e. The zero-order valence-electron chi connectivity index (χ0n) is 20.0. The van der Waals surface area contributed by atoms with Crippen LogP contribution in [0.5, 0.6) is 5.75 Å². The Kier molecular flexibility index (Phi) is 5.81. The van der Waals surface area contributed by atoms with Crippen LogP contribution in [-0.2, 0) is 19.2 Å². The molecule has 6 rings (SSSR count). The Morgan fingerprint density at radius 1 is 1.05 bits per heavy atom. The van der Waals surface area contributed by atoms with E-state index >= 15 is 0 Å². The number of imide groups is 1. The summed E-state index contributed by atoms with van der Waals surface area (Å²) in [7, 11) is 0. The van der Waals surface area contributed by atoms with Gasteiger partial charge in [0.1, 0.15) is 0 Å². The molecule has 1 aliphatic heterocycles. The van der Waals surface area contributed by atoms with E-state index in [1.165, 1.54) is 23.1 Å². The summed E-state index contributed by atoms with van der Waals surface area (Å²) < 4.78 is 14.6. The maximum Gasteiger partial charge on any atom is 0.238 e. The lowest BCUT2D eigenvalue weighted by molar-refractivity contribution is -0.123. The number of rotatable bonds is 2. The second-order valence-corrected chi connectivity index (χ2v) is 11.3. The first-order chi connectivity index (χ1) is 18.1. The van der Waals surface area contributed by atoms with Gasteiger partial charge in [0.25, 0.3) is 0 Å². The highest BCUT2D eigenvalue weighted by molar-refractivity contribution is 9.12. The van der Waals surface area contributed by atoms with E-state index in [-0.39, 0.29) is 51.9 Å². The second kappa shape index (κ2) is 8.85. The summed E-state index contributed by atoms with van der Waals surface area (Å²) in [4.78, 5) is 55.0. The molecule has 0 saturated carbocycles. The molecule has 1 heterocycles. The minimum Gasteiger partial charge on any atom is -0.505 e. The average molecular weight is 597 g/mol. The van der Waals surface area contributed by atoms with Crippen molar-refractivity contribution in [2.75, 3.05) is 4.90 Å². The van der Waals surface area contributed by atoms with Crippen LogP contribution in [0.15, 0.2) is 69.8 Å². The van der Waals surface area contributed by atoms with Crippen LogP contribution in [0, 0.1) is 30.5 Å². The van der Waals surface area contributed by atoms with Gasteiger partial charge in [-0.1, -0.05) is 35.4 Å². The molecular weight excluding hydrogens is 577 g/mol. The maximum atomic E-state index is 14.5. The van der Waals surface area contributed by atoms with Gasteiger partial charge in [0.2, 0.25) is 11.8 Å². The van der Waals surface area contributed by atoms with Gasteiger partial charge in [0.15, 0.2) is 23.1 Å². The van der Waals surface area contributed by atoms with Crippen LogP contribution >= 0.6 is 27.5 Å². The van der Waals surface area contributed by atoms with Crippen LogP contribution in [0.1, 0.15) is 29.9 Å². The number of carbonyl (C=O) groups is 4. The minimum atomic E-state index is -0.859. The maximum absolute atomic E-state index is 14.5. The van der Waals surface area contributed by atoms with E-state index in [1.807, 2.05) is 13.0 Å². The zero-order valence-corrected chi connectivity index (χ0v) is 22.3. The molecule has 1 fully saturated rings. The molecule has 0 bridgehead atoms. The van der Waals surface area contributed by atoms with Gasteiger partial charge in [0.05, 0.1) is 22.0 Å². The van der Waals surface area contributed by atoms with E-state index < -0.39 is 35.2 Å². The number of amides is 2. The number of Topliss-reactive ketones (excluding diaryl/α,β-unsaturated/α-hetero) is 1. The first-order valence-corrected chi connectivity index (χ1v) is 13.3. The number of hydrogen-bond donors (Lipinski definition) is 1. The molecule has 9 heteroatoms. The Bertz CT molecular complexity index is 1590. The van der Waals surface area contributed by atoms with Crippen molar-refractivity contribution in [1.29, 1.82) is 0 Å². The molecule has 0 radical (unpaired) electrons. The monoisotopic (exact) mass is 595 g/mol. The quantitative estimate of drug-likeness (QED) is 0.283. The lowest BCUT2D eigenvalue weighted by Gasteiger charge is -2.42. The highest BCUT2D eigenvalue weighted by Gasteiger charge is 2.56. The van der Waals surface area contributed by atoms with Gasteiger partial charge >= 0.3 is 0 Å². The summed E-state index contributed by atoms with van der Waals surface area (Å²) in [6, 6.07) is 8.87. The predicted molar refractivity (Wildman–Crippen MR) is 141 cm³/mol. The third kappa shape index (κ3) is 3.57. The predicted octanol–water partition coefficient (Wildman–Crippen LogP) is 5.46. The van der Waals surface area contributed by atoms with Crippen LogP contribution in [0.4, 0.5) is 10.1 Å². The van der Waals surface area contributed by atoms with Crippen LogP contribution in [0.25, 0.3) is 0 Å². The Balaban J connectivity index is 1.49. The molecule has 1 N–H and O–H groups in total. The topological polar surface area (TPSA) is 91.8 Å². The molecule has 6 nitrogen and oxygen atoms in total. The normalized spacial score (nSPS) is 26.7. The van der Waals surface area contributed by atoms with E-state index in [0.29, 0.717) is 21.8 Å². The Hall–Kier alpha value is -3.36. The first kappa shape index (κ1) is 24.9. The molecule has 4 atom stereocenters. The van der Waals surface area contributed by atoms with Gasteiger partial charge < -0.3 is 5.11 Å². The van der Waals surface area contributed by atoms with Crippen molar-refractivity contribution < 1.29 is 28.7 Å². The lowest BCUT2D eigenvalue weighted by atomic mass is 9.59. The molecule has 0 spiro atoms. The summed E-state index contributed by atoms with van der Waals surface area (Å²) in [5, 5.41) is 10.2. The summed E-state index contributed by atoms with van der Waals surface area (Å²) in [5.74, 6) is -5.61. The van der Waals surface area contributed by atoms with E-state index in [2.05, 4.69) is 15.9 Å². The fourth-order valence-electron chi connectivity index (χ4n) is 6.26. The van der Waals surface area contributed by atoms with Crippen molar-refractivity contribution in [2.45, 2.75) is 25.7 Å². The number of hydrogen-bond acceptors (Lipinski definition) is 5. The number of benzene rings is 2. The van der Waals surface area contributed by atoms with Crippen molar-refractivity contribution >= 4 is 56.6 Å². The number of ketones is 2. The summed E-state index contributed by atoms with van der Waals surface area (Å²) >= 11 is 9.47. The van der Waals surface area contributed by atoms with Gasteiger partial charge in [-0.25, -0.2) is 9.29 Å². The second-order valence-electron chi connectivity index (χ2n) is 10.0.